The largest absolute Gasteiger partial charge is 0.436 e. The quantitative estimate of drug-likeness (QED) is 0.637. The predicted octanol–water partition coefficient (Wildman–Crippen LogP) is 3.20. The lowest BCUT2D eigenvalue weighted by Crippen LogP contribution is -2.24. The number of fused-ring (bicyclic) bond motifs is 1. The smallest absolute Gasteiger partial charge is 0.291 e. The summed E-state index contributed by atoms with van der Waals surface area (Å²) in [4.78, 5) is 27.0. The third-order valence-electron chi connectivity index (χ3n) is 4.01. The van der Waals surface area contributed by atoms with Crippen molar-refractivity contribution in [1.82, 2.24) is 19.7 Å². The number of aromatic nitrogens is 4. The van der Waals surface area contributed by atoms with Gasteiger partial charge in [0, 0.05) is 0 Å². The van der Waals surface area contributed by atoms with Gasteiger partial charge in [-0.1, -0.05) is 6.07 Å². The fraction of sp³-hybridized carbons (Fsp3) is 0.267. The first-order valence-electron chi connectivity index (χ1n) is 7.49. The summed E-state index contributed by atoms with van der Waals surface area (Å²) in [5, 5.41) is 2.34. The summed E-state index contributed by atoms with van der Waals surface area (Å²) in [6, 6.07) is 0.558. The number of H-pyrrole nitrogens is 2. The second kappa shape index (κ2) is 6.21. The van der Waals surface area contributed by atoms with Gasteiger partial charge in [0.1, 0.15) is 16.9 Å². The van der Waals surface area contributed by atoms with Crippen molar-refractivity contribution in [3.05, 3.63) is 61.7 Å². The van der Waals surface area contributed by atoms with Gasteiger partial charge < -0.3 is 0 Å². The van der Waals surface area contributed by atoms with Crippen molar-refractivity contribution in [3.63, 3.8) is 0 Å². The van der Waals surface area contributed by atoms with E-state index < -0.39 is 57.8 Å². The molecule has 3 rings (SSSR count). The van der Waals surface area contributed by atoms with Gasteiger partial charge in [0.25, 0.3) is 5.56 Å². The average molecular weight is 410 g/mol. The Balaban J connectivity index is 2.23. The Morgan fingerprint density at radius 3 is 2.21 bits per heavy atom. The molecule has 0 aliphatic heterocycles. The number of aromatic amines is 2. The lowest BCUT2D eigenvalue weighted by molar-refractivity contribution is -0.141. The fourth-order valence-corrected chi connectivity index (χ4v) is 2.71. The van der Waals surface area contributed by atoms with Crippen LogP contribution in [0.1, 0.15) is 29.8 Å². The van der Waals surface area contributed by atoms with E-state index in [0.717, 1.165) is 6.07 Å². The molecule has 13 heteroatoms. The Kier molecular flexibility index (Phi) is 4.35. The molecule has 0 radical (unpaired) electrons. The Labute approximate surface area is 149 Å². The van der Waals surface area contributed by atoms with Crippen molar-refractivity contribution in [3.8, 4) is 0 Å². The molecule has 0 saturated heterocycles. The standard InChI is InChI=1S/C15H9F7N4O2/c1-5(6-2-3-7(8(16)4-6)14(17,18)19)26-11-9(10(25-26)15(20,21)22)12(27)24-13(28)23-11/h2-5H,1H3,(H2,23,24,27,28)/t5-/m0/s1. The van der Waals surface area contributed by atoms with Crippen molar-refractivity contribution < 1.29 is 30.7 Å². The highest BCUT2D eigenvalue weighted by Crippen LogP contribution is 2.35. The van der Waals surface area contributed by atoms with Crippen LogP contribution in [0.4, 0.5) is 30.7 Å². The lowest BCUT2D eigenvalue weighted by atomic mass is 10.1. The molecule has 2 heterocycles. The molecule has 28 heavy (non-hydrogen) atoms. The van der Waals surface area contributed by atoms with Crippen molar-refractivity contribution >= 4 is 11.0 Å². The molecule has 0 aliphatic carbocycles. The van der Waals surface area contributed by atoms with Crippen molar-refractivity contribution in [1.29, 1.82) is 0 Å². The van der Waals surface area contributed by atoms with E-state index in [1.165, 1.54) is 6.92 Å². The van der Waals surface area contributed by atoms with Crippen LogP contribution in [0.3, 0.4) is 0 Å². The first-order valence-corrected chi connectivity index (χ1v) is 7.49. The van der Waals surface area contributed by atoms with Crippen LogP contribution in [0, 0.1) is 5.82 Å². The zero-order chi connectivity index (χ0) is 21.0. The molecule has 2 N–H and O–H groups in total. The van der Waals surface area contributed by atoms with Gasteiger partial charge in [-0.25, -0.2) is 13.9 Å². The van der Waals surface area contributed by atoms with Gasteiger partial charge in [-0.05, 0) is 24.6 Å². The topological polar surface area (TPSA) is 83.5 Å². The molecular formula is C15H9F7N4O2. The van der Waals surface area contributed by atoms with E-state index >= 15 is 0 Å². The average Bonchev–Trinajstić information content (AvgIpc) is 2.92. The van der Waals surface area contributed by atoms with E-state index in [0.29, 0.717) is 16.8 Å². The number of nitrogens with zero attached hydrogens (tertiary/aromatic N) is 2. The molecule has 0 unspecified atom stereocenters. The molecule has 1 aromatic carbocycles. The second-order valence-electron chi connectivity index (χ2n) is 5.84. The van der Waals surface area contributed by atoms with Gasteiger partial charge in [0.2, 0.25) is 0 Å². The molecule has 150 valence electrons. The summed E-state index contributed by atoms with van der Waals surface area (Å²) in [5.74, 6) is -1.63. The van der Waals surface area contributed by atoms with E-state index in [-0.39, 0.29) is 5.56 Å². The molecule has 3 aromatic rings. The van der Waals surface area contributed by atoms with Crippen LogP contribution in [0.2, 0.25) is 0 Å². The van der Waals surface area contributed by atoms with Crippen LogP contribution in [-0.2, 0) is 12.4 Å². The highest BCUT2D eigenvalue weighted by Gasteiger charge is 2.39. The fourth-order valence-electron chi connectivity index (χ4n) is 2.71. The predicted molar refractivity (Wildman–Crippen MR) is 81.2 cm³/mol. The molecule has 0 amide bonds. The van der Waals surface area contributed by atoms with Gasteiger partial charge in [-0.15, -0.1) is 0 Å². The van der Waals surface area contributed by atoms with Crippen LogP contribution in [0.15, 0.2) is 27.8 Å². The Hall–Kier alpha value is -3.12. The Morgan fingerprint density at radius 2 is 1.68 bits per heavy atom. The highest BCUT2D eigenvalue weighted by molar-refractivity contribution is 5.77. The molecule has 1 atom stereocenters. The van der Waals surface area contributed by atoms with Crippen LogP contribution in [0.25, 0.3) is 11.0 Å². The van der Waals surface area contributed by atoms with Gasteiger partial charge >= 0.3 is 18.0 Å². The number of hydrogen-bond acceptors (Lipinski definition) is 3. The molecule has 0 spiro atoms. The number of rotatable bonds is 2. The summed E-state index contributed by atoms with van der Waals surface area (Å²) in [6.45, 7) is 1.22. The minimum atomic E-state index is -5.06. The van der Waals surface area contributed by atoms with Crippen molar-refractivity contribution in [2.75, 3.05) is 0 Å². The van der Waals surface area contributed by atoms with E-state index in [9.17, 15) is 40.3 Å². The number of alkyl halides is 6. The van der Waals surface area contributed by atoms with Crippen molar-refractivity contribution in [2.45, 2.75) is 25.3 Å². The molecule has 0 fully saturated rings. The van der Waals surface area contributed by atoms with Crippen LogP contribution in [-0.4, -0.2) is 19.7 Å². The van der Waals surface area contributed by atoms with E-state index in [1.807, 2.05) is 4.98 Å². The normalized spacial score (nSPS) is 13.9. The van der Waals surface area contributed by atoms with E-state index in [1.54, 1.807) is 4.98 Å². The van der Waals surface area contributed by atoms with Crippen LogP contribution >= 0.6 is 0 Å². The van der Waals surface area contributed by atoms with Gasteiger partial charge in [0.15, 0.2) is 5.69 Å². The minimum Gasteiger partial charge on any atom is -0.291 e. The molecular weight excluding hydrogens is 401 g/mol. The second-order valence-corrected chi connectivity index (χ2v) is 5.84. The first-order chi connectivity index (χ1) is 12.8. The van der Waals surface area contributed by atoms with E-state index in [2.05, 4.69) is 5.10 Å². The van der Waals surface area contributed by atoms with Gasteiger partial charge in [-0.2, -0.15) is 31.4 Å². The number of nitrogens with one attached hydrogen (secondary N) is 2. The van der Waals surface area contributed by atoms with Gasteiger partial charge in [-0.3, -0.25) is 14.8 Å². The highest BCUT2D eigenvalue weighted by atomic mass is 19.4. The number of halogens is 7. The first kappa shape index (κ1) is 19.6. The monoisotopic (exact) mass is 410 g/mol. The van der Waals surface area contributed by atoms with Gasteiger partial charge in [0.05, 0.1) is 11.6 Å². The summed E-state index contributed by atoms with van der Waals surface area (Å²) in [6.07, 6.45) is -10.0. The number of benzene rings is 1. The molecule has 0 bridgehead atoms. The van der Waals surface area contributed by atoms with Crippen LogP contribution in [0.5, 0.6) is 0 Å². The number of hydrogen-bond donors (Lipinski definition) is 2. The molecule has 6 nitrogen and oxygen atoms in total. The summed E-state index contributed by atoms with van der Waals surface area (Å²) in [7, 11) is 0. The lowest BCUT2D eigenvalue weighted by Gasteiger charge is -2.15. The molecule has 0 aliphatic rings. The Bertz CT molecular complexity index is 1170. The summed E-state index contributed by atoms with van der Waals surface area (Å²) < 4.78 is 92.1. The maximum Gasteiger partial charge on any atom is 0.436 e. The van der Waals surface area contributed by atoms with E-state index in [4.69, 9.17) is 0 Å². The maximum absolute atomic E-state index is 13.8. The minimum absolute atomic E-state index is 0.162. The zero-order valence-electron chi connectivity index (χ0n) is 13.7. The SMILES string of the molecule is C[C@@H](c1ccc(C(F)(F)F)c(F)c1)n1nc(C(F)(F)F)c2c(=O)[nH]c(=O)[nH]c21. The summed E-state index contributed by atoms with van der Waals surface area (Å²) in [5.41, 5.74) is -6.37. The maximum atomic E-state index is 13.8. The summed E-state index contributed by atoms with van der Waals surface area (Å²) >= 11 is 0. The Morgan fingerprint density at radius 1 is 1.04 bits per heavy atom. The molecule has 0 saturated carbocycles. The van der Waals surface area contributed by atoms with Crippen LogP contribution < -0.4 is 11.2 Å². The zero-order valence-corrected chi connectivity index (χ0v) is 13.7. The van der Waals surface area contributed by atoms with Crippen molar-refractivity contribution in [2.24, 2.45) is 0 Å². The third-order valence-corrected chi connectivity index (χ3v) is 4.01. The molecule has 2 aromatic heterocycles. The third kappa shape index (κ3) is 3.27.